The Labute approximate surface area is 116 Å². The van der Waals surface area contributed by atoms with E-state index in [2.05, 4.69) is 11.3 Å². The van der Waals surface area contributed by atoms with Gasteiger partial charge in [-0.05, 0) is 32.1 Å². The Morgan fingerprint density at radius 3 is 3.26 bits per heavy atom. The van der Waals surface area contributed by atoms with E-state index in [1.807, 2.05) is 12.3 Å². The van der Waals surface area contributed by atoms with E-state index < -0.39 is 0 Å². The van der Waals surface area contributed by atoms with Crippen LogP contribution in [0.25, 0.3) is 4.96 Å². The zero-order valence-corrected chi connectivity index (χ0v) is 12.1. The number of rotatable bonds is 3. The number of fused-ring (bicyclic) bond motifs is 3. The Morgan fingerprint density at radius 2 is 2.47 bits per heavy atom. The third-order valence-electron chi connectivity index (χ3n) is 3.66. The summed E-state index contributed by atoms with van der Waals surface area (Å²) in [5.74, 6) is 0.538. The van der Waals surface area contributed by atoms with E-state index in [1.165, 1.54) is 17.8 Å². The van der Waals surface area contributed by atoms with Crippen molar-refractivity contribution in [1.82, 2.24) is 9.38 Å². The molecule has 5 heteroatoms. The van der Waals surface area contributed by atoms with Gasteiger partial charge in [-0.25, -0.2) is 4.98 Å². The largest absolute Gasteiger partial charge is 0.466 e. The predicted molar refractivity (Wildman–Crippen MR) is 74.6 cm³/mol. The first-order chi connectivity index (χ1) is 9.19. The lowest BCUT2D eigenvalue weighted by molar-refractivity contribution is -0.142. The molecule has 1 atom stereocenters. The first kappa shape index (κ1) is 12.7. The summed E-state index contributed by atoms with van der Waals surface area (Å²) in [5, 5.41) is 2.03. The van der Waals surface area contributed by atoms with Crippen LogP contribution in [0.15, 0.2) is 5.38 Å². The number of carbonyl (C=O) groups is 1. The van der Waals surface area contributed by atoms with Crippen molar-refractivity contribution in [1.29, 1.82) is 0 Å². The second-order valence-corrected chi connectivity index (χ2v) is 6.02. The van der Waals surface area contributed by atoms with Gasteiger partial charge >= 0.3 is 5.97 Å². The third-order valence-corrected chi connectivity index (χ3v) is 4.53. The van der Waals surface area contributed by atoms with Crippen LogP contribution in [0.4, 0.5) is 0 Å². The van der Waals surface area contributed by atoms with Crippen LogP contribution in [0, 0.1) is 5.92 Å². The minimum Gasteiger partial charge on any atom is -0.466 e. The fourth-order valence-corrected chi connectivity index (χ4v) is 3.65. The Balaban J connectivity index is 1.97. The van der Waals surface area contributed by atoms with Gasteiger partial charge in [0.25, 0.3) is 0 Å². The van der Waals surface area contributed by atoms with Gasteiger partial charge in [0.2, 0.25) is 0 Å². The zero-order chi connectivity index (χ0) is 13.4. The van der Waals surface area contributed by atoms with E-state index in [1.54, 1.807) is 11.3 Å². The van der Waals surface area contributed by atoms with Crippen molar-refractivity contribution in [2.24, 2.45) is 5.92 Å². The monoisotopic (exact) mass is 278 g/mol. The summed E-state index contributed by atoms with van der Waals surface area (Å²) in [6, 6.07) is 0. The van der Waals surface area contributed by atoms with Crippen molar-refractivity contribution in [3.63, 3.8) is 0 Å². The molecule has 0 amide bonds. The normalized spacial score (nSPS) is 18.5. The molecule has 3 rings (SSSR count). The highest BCUT2D eigenvalue weighted by molar-refractivity contribution is 7.15. The lowest BCUT2D eigenvalue weighted by Crippen LogP contribution is -2.14. The molecule has 2 heterocycles. The fraction of sp³-hybridized carbons (Fsp3) is 0.571. The molecule has 4 nitrogen and oxygen atoms in total. The predicted octanol–water partition coefficient (Wildman–Crippen LogP) is 2.63. The number of esters is 1. The molecule has 0 fully saturated rings. The molecule has 2 aromatic heterocycles. The molecule has 0 saturated carbocycles. The molecule has 19 heavy (non-hydrogen) atoms. The van der Waals surface area contributed by atoms with Gasteiger partial charge in [-0.15, -0.1) is 11.3 Å². The lowest BCUT2D eigenvalue weighted by atomic mass is 9.91. The quantitative estimate of drug-likeness (QED) is 0.811. The van der Waals surface area contributed by atoms with Gasteiger partial charge in [0.15, 0.2) is 4.96 Å². The molecular formula is C14H18N2O2S. The van der Waals surface area contributed by atoms with Crippen molar-refractivity contribution in [2.75, 3.05) is 6.61 Å². The maximum absolute atomic E-state index is 11.7. The van der Waals surface area contributed by atoms with Crippen LogP contribution in [0.2, 0.25) is 0 Å². The van der Waals surface area contributed by atoms with Crippen LogP contribution in [-0.2, 0) is 28.8 Å². The van der Waals surface area contributed by atoms with Crippen LogP contribution in [0.1, 0.15) is 37.4 Å². The molecular weight excluding hydrogens is 260 g/mol. The molecule has 1 aliphatic carbocycles. The first-order valence-corrected chi connectivity index (χ1v) is 7.69. The smallest absolute Gasteiger partial charge is 0.311 e. The van der Waals surface area contributed by atoms with E-state index in [0.717, 1.165) is 23.5 Å². The molecule has 0 saturated heterocycles. The number of nitrogens with zero attached hydrogens (tertiary/aromatic N) is 2. The Morgan fingerprint density at radius 1 is 1.63 bits per heavy atom. The number of ether oxygens (including phenoxy) is 1. The van der Waals surface area contributed by atoms with E-state index in [0.29, 0.717) is 18.9 Å². The highest BCUT2D eigenvalue weighted by atomic mass is 32.1. The molecule has 0 bridgehead atoms. The Kier molecular flexibility index (Phi) is 3.31. The maximum atomic E-state index is 11.7. The van der Waals surface area contributed by atoms with Gasteiger partial charge in [0.1, 0.15) is 0 Å². The summed E-state index contributed by atoms with van der Waals surface area (Å²) >= 11 is 1.61. The summed E-state index contributed by atoms with van der Waals surface area (Å²) in [6.07, 6.45) is 3.67. The minimum absolute atomic E-state index is 0.159. The van der Waals surface area contributed by atoms with Gasteiger partial charge in [-0.3, -0.25) is 9.20 Å². The standard InChI is InChI=1S/C14H18N2O2S/c1-3-18-13(17)7-10-8-19-14-15-11-5-4-9(2)6-12(11)16(10)14/h8-9H,3-7H2,1-2H3. The number of thiazole rings is 1. The average Bonchev–Trinajstić information content (AvgIpc) is 2.90. The van der Waals surface area contributed by atoms with Gasteiger partial charge in [0, 0.05) is 16.8 Å². The molecule has 0 spiro atoms. The van der Waals surface area contributed by atoms with Crippen LogP contribution >= 0.6 is 11.3 Å². The van der Waals surface area contributed by atoms with Crippen molar-refractivity contribution in [2.45, 2.75) is 39.5 Å². The number of carbonyl (C=O) groups excluding carboxylic acids is 1. The van der Waals surface area contributed by atoms with Gasteiger partial charge < -0.3 is 4.74 Å². The highest BCUT2D eigenvalue weighted by Gasteiger charge is 2.23. The molecule has 1 aliphatic rings. The fourth-order valence-electron chi connectivity index (χ4n) is 2.73. The Hall–Kier alpha value is -1.36. The number of imidazole rings is 1. The summed E-state index contributed by atoms with van der Waals surface area (Å²) in [6.45, 7) is 4.55. The maximum Gasteiger partial charge on any atom is 0.311 e. The summed E-state index contributed by atoms with van der Waals surface area (Å²) in [5.41, 5.74) is 3.53. The van der Waals surface area contributed by atoms with E-state index in [-0.39, 0.29) is 5.97 Å². The van der Waals surface area contributed by atoms with Crippen LogP contribution in [0.5, 0.6) is 0 Å². The van der Waals surface area contributed by atoms with Crippen molar-refractivity contribution in [3.8, 4) is 0 Å². The molecule has 0 N–H and O–H groups in total. The third kappa shape index (κ3) is 2.27. The molecule has 2 aromatic rings. The van der Waals surface area contributed by atoms with E-state index in [9.17, 15) is 4.79 Å². The van der Waals surface area contributed by atoms with Crippen molar-refractivity contribution < 1.29 is 9.53 Å². The number of hydrogen-bond acceptors (Lipinski definition) is 4. The van der Waals surface area contributed by atoms with Crippen molar-refractivity contribution >= 4 is 22.3 Å². The number of hydrogen-bond donors (Lipinski definition) is 0. The van der Waals surface area contributed by atoms with Gasteiger partial charge in [-0.1, -0.05) is 6.92 Å². The molecule has 0 aromatic carbocycles. The van der Waals surface area contributed by atoms with Crippen LogP contribution in [0.3, 0.4) is 0 Å². The molecule has 0 aliphatic heterocycles. The summed E-state index contributed by atoms with van der Waals surface area (Å²) in [4.78, 5) is 17.4. The molecule has 102 valence electrons. The van der Waals surface area contributed by atoms with E-state index >= 15 is 0 Å². The molecule has 1 unspecified atom stereocenters. The zero-order valence-electron chi connectivity index (χ0n) is 11.3. The average molecular weight is 278 g/mol. The topological polar surface area (TPSA) is 43.6 Å². The number of aromatic nitrogens is 2. The second-order valence-electron chi connectivity index (χ2n) is 5.18. The van der Waals surface area contributed by atoms with E-state index in [4.69, 9.17) is 9.72 Å². The Bertz CT molecular complexity index is 614. The minimum atomic E-state index is -0.159. The van der Waals surface area contributed by atoms with Crippen LogP contribution < -0.4 is 0 Å². The van der Waals surface area contributed by atoms with Gasteiger partial charge in [0.05, 0.1) is 18.7 Å². The lowest BCUT2D eigenvalue weighted by Gasteiger charge is -2.17. The SMILES string of the molecule is CCOC(=O)Cc1csc2nc3c(n12)CC(C)CC3. The van der Waals surface area contributed by atoms with Crippen LogP contribution in [-0.4, -0.2) is 22.0 Å². The summed E-state index contributed by atoms with van der Waals surface area (Å²) < 4.78 is 7.21. The number of aryl methyl sites for hydroxylation is 1. The second kappa shape index (κ2) is 4.96. The first-order valence-electron chi connectivity index (χ1n) is 6.81. The van der Waals surface area contributed by atoms with Gasteiger partial charge in [-0.2, -0.15) is 0 Å². The highest BCUT2D eigenvalue weighted by Crippen LogP contribution is 2.29. The van der Waals surface area contributed by atoms with Crippen molar-refractivity contribution in [3.05, 3.63) is 22.5 Å². The summed E-state index contributed by atoms with van der Waals surface area (Å²) in [7, 11) is 0. The molecule has 0 radical (unpaired) electrons.